The van der Waals surface area contributed by atoms with Crippen molar-refractivity contribution in [2.45, 2.75) is 11.8 Å². The Bertz CT molecular complexity index is 611. The standard InChI is InChI=1S/C15H15NO2S/c1-10-7-8-11(9-13(10)17)16-15(18)12-5-3-4-6-14(12)19-2/h3-9,17H,1-2H3,(H,16,18). The zero-order valence-electron chi connectivity index (χ0n) is 10.8. The van der Waals surface area contributed by atoms with Crippen molar-refractivity contribution in [2.75, 3.05) is 11.6 Å². The third-order valence-electron chi connectivity index (χ3n) is 2.82. The number of phenolic OH excluding ortho intramolecular Hbond substituents is 1. The fourth-order valence-electron chi connectivity index (χ4n) is 1.72. The van der Waals surface area contributed by atoms with E-state index in [0.29, 0.717) is 11.3 Å². The van der Waals surface area contributed by atoms with Crippen LogP contribution in [0.4, 0.5) is 5.69 Å². The smallest absolute Gasteiger partial charge is 0.256 e. The Morgan fingerprint density at radius 2 is 1.95 bits per heavy atom. The van der Waals surface area contributed by atoms with Crippen LogP contribution in [0.3, 0.4) is 0 Å². The highest BCUT2D eigenvalue weighted by atomic mass is 32.2. The maximum Gasteiger partial charge on any atom is 0.256 e. The SMILES string of the molecule is CSc1ccccc1C(=O)Nc1ccc(C)c(O)c1. The number of anilines is 1. The Morgan fingerprint density at radius 3 is 2.63 bits per heavy atom. The molecule has 0 spiro atoms. The summed E-state index contributed by atoms with van der Waals surface area (Å²) in [6.07, 6.45) is 1.93. The Kier molecular flexibility index (Phi) is 4.12. The second-order valence-corrected chi connectivity index (χ2v) is 5.00. The van der Waals surface area contributed by atoms with Gasteiger partial charge in [0.2, 0.25) is 0 Å². The van der Waals surface area contributed by atoms with E-state index in [1.54, 1.807) is 24.3 Å². The molecule has 0 aliphatic heterocycles. The summed E-state index contributed by atoms with van der Waals surface area (Å²) in [7, 11) is 0. The molecule has 19 heavy (non-hydrogen) atoms. The van der Waals surface area contributed by atoms with Crippen LogP contribution in [0.2, 0.25) is 0 Å². The first-order valence-corrected chi connectivity index (χ1v) is 7.08. The van der Waals surface area contributed by atoms with Gasteiger partial charge in [0, 0.05) is 16.6 Å². The second kappa shape index (κ2) is 5.80. The van der Waals surface area contributed by atoms with Gasteiger partial charge in [0.15, 0.2) is 0 Å². The number of aryl methyl sites for hydroxylation is 1. The summed E-state index contributed by atoms with van der Waals surface area (Å²) in [6, 6.07) is 12.5. The molecule has 0 fully saturated rings. The Balaban J connectivity index is 2.23. The average molecular weight is 273 g/mol. The van der Waals surface area contributed by atoms with E-state index in [2.05, 4.69) is 5.32 Å². The number of hydrogen-bond donors (Lipinski definition) is 2. The van der Waals surface area contributed by atoms with E-state index in [4.69, 9.17) is 0 Å². The van der Waals surface area contributed by atoms with Gasteiger partial charge in [-0.3, -0.25) is 4.79 Å². The molecular weight excluding hydrogens is 258 g/mol. The zero-order chi connectivity index (χ0) is 13.8. The molecule has 2 rings (SSSR count). The van der Waals surface area contributed by atoms with Gasteiger partial charge >= 0.3 is 0 Å². The fourth-order valence-corrected chi connectivity index (χ4v) is 2.31. The van der Waals surface area contributed by atoms with Crippen LogP contribution in [0, 0.1) is 6.92 Å². The number of nitrogens with one attached hydrogen (secondary N) is 1. The van der Waals surface area contributed by atoms with Crippen molar-refractivity contribution >= 4 is 23.4 Å². The van der Waals surface area contributed by atoms with Crippen molar-refractivity contribution in [1.29, 1.82) is 0 Å². The lowest BCUT2D eigenvalue weighted by molar-refractivity contribution is 0.102. The normalized spacial score (nSPS) is 10.2. The Labute approximate surface area is 116 Å². The van der Waals surface area contributed by atoms with Gasteiger partial charge in [0.05, 0.1) is 5.56 Å². The third-order valence-corrected chi connectivity index (χ3v) is 3.61. The minimum absolute atomic E-state index is 0.173. The van der Waals surface area contributed by atoms with Gasteiger partial charge in [0.1, 0.15) is 5.75 Å². The van der Waals surface area contributed by atoms with Gasteiger partial charge in [-0.1, -0.05) is 18.2 Å². The number of carbonyl (C=O) groups is 1. The summed E-state index contributed by atoms with van der Waals surface area (Å²) in [5.41, 5.74) is 2.00. The molecule has 0 unspecified atom stereocenters. The molecule has 0 aliphatic rings. The van der Waals surface area contributed by atoms with Crippen LogP contribution in [0.25, 0.3) is 0 Å². The van der Waals surface area contributed by atoms with E-state index in [9.17, 15) is 9.90 Å². The van der Waals surface area contributed by atoms with Gasteiger partial charge < -0.3 is 10.4 Å². The van der Waals surface area contributed by atoms with Crippen molar-refractivity contribution in [1.82, 2.24) is 0 Å². The number of carbonyl (C=O) groups excluding carboxylic acids is 1. The number of hydrogen-bond acceptors (Lipinski definition) is 3. The van der Waals surface area contributed by atoms with E-state index in [1.165, 1.54) is 11.8 Å². The number of rotatable bonds is 3. The molecule has 0 atom stereocenters. The first-order valence-electron chi connectivity index (χ1n) is 5.86. The van der Waals surface area contributed by atoms with E-state index in [-0.39, 0.29) is 11.7 Å². The minimum atomic E-state index is -0.173. The highest BCUT2D eigenvalue weighted by molar-refractivity contribution is 7.98. The molecule has 3 nitrogen and oxygen atoms in total. The lowest BCUT2D eigenvalue weighted by Gasteiger charge is -2.09. The van der Waals surface area contributed by atoms with Crippen LogP contribution in [0.1, 0.15) is 15.9 Å². The lowest BCUT2D eigenvalue weighted by Crippen LogP contribution is -2.12. The molecule has 2 aromatic rings. The summed E-state index contributed by atoms with van der Waals surface area (Å²) in [5.74, 6) is 0.00385. The highest BCUT2D eigenvalue weighted by Gasteiger charge is 2.10. The van der Waals surface area contributed by atoms with Crippen molar-refractivity contribution in [3.63, 3.8) is 0 Å². The van der Waals surface area contributed by atoms with E-state index in [0.717, 1.165) is 10.5 Å². The summed E-state index contributed by atoms with van der Waals surface area (Å²) >= 11 is 1.53. The largest absolute Gasteiger partial charge is 0.508 e. The van der Waals surface area contributed by atoms with Crippen molar-refractivity contribution in [3.05, 3.63) is 53.6 Å². The van der Waals surface area contributed by atoms with Gasteiger partial charge in [-0.05, 0) is 36.9 Å². The maximum atomic E-state index is 12.2. The molecule has 0 aromatic heterocycles. The molecule has 0 heterocycles. The third kappa shape index (κ3) is 3.09. The Morgan fingerprint density at radius 1 is 1.21 bits per heavy atom. The van der Waals surface area contributed by atoms with E-state index in [1.807, 2.05) is 31.4 Å². The number of amides is 1. The minimum Gasteiger partial charge on any atom is -0.508 e. The highest BCUT2D eigenvalue weighted by Crippen LogP contribution is 2.23. The number of benzene rings is 2. The predicted molar refractivity (Wildman–Crippen MR) is 79.0 cm³/mol. The van der Waals surface area contributed by atoms with Gasteiger partial charge in [-0.15, -0.1) is 11.8 Å². The molecule has 98 valence electrons. The van der Waals surface area contributed by atoms with Crippen molar-refractivity contribution in [3.8, 4) is 5.75 Å². The summed E-state index contributed by atoms with van der Waals surface area (Å²) in [4.78, 5) is 13.1. The van der Waals surface area contributed by atoms with Gasteiger partial charge in [-0.2, -0.15) is 0 Å². The molecule has 0 saturated carbocycles. The lowest BCUT2D eigenvalue weighted by atomic mass is 10.2. The molecule has 2 aromatic carbocycles. The molecular formula is C15H15NO2S. The number of aromatic hydroxyl groups is 1. The molecule has 0 saturated heterocycles. The Hall–Kier alpha value is -1.94. The van der Waals surface area contributed by atoms with Crippen molar-refractivity contribution in [2.24, 2.45) is 0 Å². The zero-order valence-corrected chi connectivity index (χ0v) is 11.6. The van der Waals surface area contributed by atoms with Crippen molar-refractivity contribution < 1.29 is 9.90 Å². The van der Waals surface area contributed by atoms with Gasteiger partial charge in [0.25, 0.3) is 5.91 Å². The first kappa shape index (κ1) is 13.5. The van der Waals surface area contributed by atoms with Crippen LogP contribution >= 0.6 is 11.8 Å². The predicted octanol–water partition coefficient (Wildman–Crippen LogP) is 3.67. The van der Waals surface area contributed by atoms with Crippen LogP contribution in [-0.2, 0) is 0 Å². The van der Waals surface area contributed by atoms with Gasteiger partial charge in [-0.25, -0.2) is 0 Å². The molecule has 4 heteroatoms. The number of thioether (sulfide) groups is 1. The topological polar surface area (TPSA) is 49.3 Å². The first-order chi connectivity index (χ1) is 9.11. The summed E-state index contributed by atoms with van der Waals surface area (Å²) in [6.45, 7) is 1.81. The molecule has 2 N–H and O–H groups in total. The molecule has 1 amide bonds. The average Bonchev–Trinajstić information content (AvgIpc) is 2.43. The summed E-state index contributed by atoms with van der Waals surface area (Å²) < 4.78 is 0. The molecule has 0 aliphatic carbocycles. The van der Waals surface area contributed by atoms with Crippen LogP contribution in [0.5, 0.6) is 5.75 Å². The molecule has 0 radical (unpaired) electrons. The fraction of sp³-hybridized carbons (Fsp3) is 0.133. The maximum absolute atomic E-state index is 12.2. The summed E-state index contributed by atoms with van der Waals surface area (Å²) in [5, 5.41) is 12.4. The quantitative estimate of drug-likeness (QED) is 0.839. The van der Waals surface area contributed by atoms with E-state index < -0.39 is 0 Å². The molecule has 0 bridgehead atoms. The van der Waals surface area contributed by atoms with Crippen LogP contribution < -0.4 is 5.32 Å². The second-order valence-electron chi connectivity index (χ2n) is 4.16. The number of phenols is 1. The van der Waals surface area contributed by atoms with E-state index >= 15 is 0 Å². The monoisotopic (exact) mass is 273 g/mol. The van der Waals surface area contributed by atoms with Crippen LogP contribution in [-0.4, -0.2) is 17.3 Å². The van der Waals surface area contributed by atoms with Crippen LogP contribution in [0.15, 0.2) is 47.4 Å².